The second-order valence-corrected chi connectivity index (χ2v) is 4.82. The molecule has 0 radical (unpaired) electrons. The van der Waals surface area contributed by atoms with E-state index in [0.717, 1.165) is 18.7 Å². The van der Waals surface area contributed by atoms with E-state index in [1.165, 1.54) is 0 Å². The third kappa shape index (κ3) is 3.43. The highest BCUT2D eigenvalue weighted by Crippen LogP contribution is 2.17. The minimum Gasteiger partial charge on any atom is -0.396 e. The van der Waals surface area contributed by atoms with Crippen molar-refractivity contribution in [3.05, 3.63) is 29.3 Å². The number of hydrogen-bond acceptors (Lipinski definition) is 4. The van der Waals surface area contributed by atoms with Gasteiger partial charge in [0.05, 0.1) is 24.0 Å². The molecule has 1 aromatic rings. The Balaban J connectivity index is 1.98. The van der Waals surface area contributed by atoms with E-state index in [-0.39, 0.29) is 18.3 Å². The number of nitrogens with zero attached hydrogens (tertiary/aromatic N) is 1. The van der Waals surface area contributed by atoms with Crippen molar-refractivity contribution in [3.63, 3.8) is 0 Å². The first-order chi connectivity index (χ1) is 9.47. The zero-order chi connectivity index (χ0) is 14.7. The molecule has 1 aromatic carbocycles. The van der Waals surface area contributed by atoms with Crippen LogP contribution in [-0.2, 0) is 4.74 Å². The number of nitrogens with one attached hydrogen (secondary N) is 1. The van der Waals surface area contributed by atoms with Gasteiger partial charge in [-0.3, -0.25) is 4.79 Å². The van der Waals surface area contributed by atoms with Crippen molar-refractivity contribution in [1.82, 2.24) is 10.2 Å². The van der Waals surface area contributed by atoms with Gasteiger partial charge in [0.2, 0.25) is 0 Å². The van der Waals surface area contributed by atoms with Gasteiger partial charge in [0.25, 0.3) is 5.91 Å². The maximum absolute atomic E-state index is 13.7. The van der Waals surface area contributed by atoms with Gasteiger partial charge in [-0.2, -0.15) is 0 Å². The molecule has 1 amide bonds. The number of likely N-dealkylation sites (N-methyl/N-ethyl adjacent to an activating group) is 1. The van der Waals surface area contributed by atoms with Crippen LogP contribution in [0.1, 0.15) is 10.4 Å². The van der Waals surface area contributed by atoms with Crippen LogP contribution in [0, 0.1) is 11.6 Å². The lowest BCUT2D eigenvalue weighted by Gasteiger charge is -2.30. The zero-order valence-corrected chi connectivity index (χ0v) is 11.2. The molecule has 5 nitrogen and oxygen atoms in total. The van der Waals surface area contributed by atoms with Crippen LogP contribution in [0.5, 0.6) is 0 Å². The van der Waals surface area contributed by atoms with Crippen molar-refractivity contribution in [2.24, 2.45) is 0 Å². The van der Waals surface area contributed by atoms with Crippen molar-refractivity contribution >= 4 is 11.6 Å². The SMILES string of the molecule is CN1CCOC(CNC(=O)c2cc(F)cc(N)c2F)C1. The van der Waals surface area contributed by atoms with Crippen molar-refractivity contribution in [1.29, 1.82) is 0 Å². The number of carbonyl (C=O) groups is 1. The van der Waals surface area contributed by atoms with Crippen molar-refractivity contribution in [2.45, 2.75) is 6.10 Å². The summed E-state index contributed by atoms with van der Waals surface area (Å²) in [6.45, 7) is 2.32. The minimum atomic E-state index is -0.911. The molecule has 1 atom stereocenters. The highest BCUT2D eigenvalue weighted by Gasteiger charge is 2.20. The molecule has 0 bridgehead atoms. The Morgan fingerprint density at radius 3 is 3.00 bits per heavy atom. The predicted molar refractivity (Wildman–Crippen MR) is 70.3 cm³/mol. The Bertz CT molecular complexity index is 511. The van der Waals surface area contributed by atoms with Crippen LogP contribution in [-0.4, -0.2) is 50.2 Å². The lowest BCUT2D eigenvalue weighted by atomic mass is 10.1. The molecule has 1 aliphatic rings. The van der Waals surface area contributed by atoms with Crippen molar-refractivity contribution in [3.8, 4) is 0 Å². The predicted octanol–water partition coefficient (Wildman–Crippen LogP) is 0.607. The van der Waals surface area contributed by atoms with E-state index in [1.807, 2.05) is 7.05 Å². The van der Waals surface area contributed by atoms with Gasteiger partial charge in [-0.15, -0.1) is 0 Å². The number of morpholine rings is 1. The van der Waals surface area contributed by atoms with Gasteiger partial charge in [0.1, 0.15) is 5.82 Å². The molecule has 1 heterocycles. The molecule has 1 fully saturated rings. The van der Waals surface area contributed by atoms with Crippen LogP contribution in [0.4, 0.5) is 14.5 Å². The third-order valence-corrected chi connectivity index (χ3v) is 3.14. The Labute approximate surface area is 115 Å². The Morgan fingerprint density at radius 2 is 2.30 bits per heavy atom. The highest BCUT2D eigenvalue weighted by molar-refractivity contribution is 5.95. The summed E-state index contributed by atoms with van der Waals surface area (Å²) in [6.07, 6.45) is -0.160. The number of carbonyl (C=O) groups excluding carboxylic acids is 1. The number of hydrogen-bond donors (Lipinski definition) is 2. The average Bonchev–Trinajstić information content (AvgIpc) is 2.40. The normalized spacial score (nSPS) is 19.9. The number of nitrogens with two attached hydrogens (primary N) is 1. The van der Waals surface area contributed by atoms with Crippen LogP contribution >= 0.6 is 0 Å². The van der Waals surface area contributed by atoms with E-state index >= 15 is 0 Å². The lowest BCUT2D eigenvalue weighted by molar-refractivity contribution is -0.0175. The fourth-order valence-corrected chi connectivity index (χ4v) is 2.07. The van der Waals surface area contributed by atoms with Gasteiger partial charge < -0.3 is 20.7 Å². The quantitative estimate of drug-likeness (QED) is 0.798. The van der Waals surface area contributed by atoms with Gasteiger partial charge in [0.15, 0.2) is 5.82 Å². The minimum absolute atomic E-state index is 0.160. The molecule has 7 heteroatoms. The fraction of sp³-hybridized carbons (Fsp3) is 0.462. The van der Waals surface area contributed by atoms with Gasteiger partial charge in [0, 0.05) is 19.6 Å². The number of halogens is 2. The second kappa shape index (κ2) is 6.15. The van der Waals surface area contributed by atoms with Gasteiger partial charge in [-0.25, -0.2) is 8.78 Å². The van der Waals surface area contributed by atoms with Gasteiger partial charge in [-0.05, 0) is 19.2 Å². The van der Waals surface area contributed by atoms with Crippen molar-refractivity contribution in [2.75, 3.05) is 39.0 Å². The maximum Gasteiger partial charge on any atom is 0.254 e. The number of ether oxygens (including phenoxy) is 1. The van der Waals surface area contributed by atoms with E-state index in [9.17, 15) is 13.6 Å². The summed E-state index contributed by atoms with van der Waals surface area (Å²) >= 11 is 0. The zero-order valence-electron chi connectivity index (χ0n) is 11.2. The molecule has 20 heavy (non-hydrogen) atoms. The molecule has 0 spiro atoms. The summed E-state index contributed by atoms with van der Waals surface area (Å²) in [5.41, 5.74) is 4.51. The van der Waals surface area contributed by atoms with E-state index in [0.29, 0.717) is 13.2 Å². The molecule has 0 saturated carbocycles. The number of anilines is 1. The Morgan fingerprint density at radius 1 is 1.55 bits per heavy atom. The average molecular weight is 285 g/mol. The molecule has 110 valence electrons. The summed E-state index contributed by atoms with van der Waals surface area (Å²) in [5, 5.41) is 2.53. The first kappa shape index (κ1) is 14.7. The van der Waals surface area contributed by atoms with E-state index in [4.69, 9.17) is 10.5 Å². The molecular formula is C13H17F2N3O2. The summed E-state index contributed by atoms with van der Waals surface area (Å²) in [6, 6.07) is 1.67. The molecular weight excluding hydrogens is 268 g/mol. The molecule has 1 aliphatic heterocycles. The molecule has 0 aromatic heterocycles. The maximum atomic E-state index is 13.7. The fourth-order valence-electron chi connectivity index (χ4n) is 2.07. The van der Waals surface area contributed by atoms with E-state index in [2.05, 4.69) is 10.2 Å². The molecule has 3 N–H and O–H groups in total. The largest absolute Gasteiger partial charge is 0.396 e. The van der Waals surface area contributed by atoms with Gasteiger partial charge >= 0.3 is 0 Å². The van der Waals surface area contributed by atoms with Crippen LogP contribution in [0.25, 0.3) is 0 Å². The third-order valence-electron chi connectivity index (χ3n) is 3.14. The lowest BCUT2D eigenvalue weighted by Crippen LogP contribution is -2.46. The highest BCUT2D eigenvalue weighted by atomic mass is 19.1. The van der Waals surface area contributed by atoms with Crippen LogP contribution in [0.2, 0.25) is 0 Å². The van der Waals surface area contributed by atoms with Crippen LogP contribution in [0.3, 0.4) is 0 Å². The second-order valence-electron chi connectivity index (χ2n) is 4.82. The Kier molecular flexibility index (Phi) is 4.51. The first-order valence-electron chi connectivity index (χ1n) is 6.30. The Hall–Kier alpha value is -1.73. The topological polar surface area (TPSA) is 67.6 Å². The summed E-state index contributed by atoms with van der Waals surface area (Å²) in [5.74, 6) is -2.36. The summed E-state index contributed by atoms with van der Waals surface area (Å²) < 4.78 is 32.3. The standard InChI is InChI=1S/C13H17F2N3O2/c1-18-2-3-20-9(7-18)6-17-13(19)10-4-8(14)5-11(16)12(10)15/h4-5,9H,2-3,6-7,16H2,1H3,(H,17,19). The number of amides is 1. The molecule has 1 unspecified atom stereocenters. The summed E-state index contributed by atoms with van der Waals surface area (Å²) in [7, 11) is 1.95. The molecule has 0 aliphatic carbocycles. The number of benzene rings is 1. The van der Waals surface area contributed by atoms with Crippen molar-refractivity contribution < 1.29 is 18.3 Å². The smallest absolute Gasteiger partial charge is 0.254 e. The molecule has 2 rings (SSSR count). The van der Waals surface area contributed by atoms with Crippen LogP contribution < -0.4 is 11.1 Å². The van der Waals surface area contributed by atoms with E-state index in [1.54, 1.807) is 0 Å². The monoisotopic (exact) mass is 285 g/mol. The van der Waals surface area contributed by atoms with E-state index < -0.39 is 23.1 Å². The molecule has 1 saturated heterocycles. The van der Waals surface area contributed by atoms with Crippen LogP contribution in [0.15, 0.2) is 12.1 Å². The number of rotatable bonds is 3. The first-order valence-corrected chi connectivity index (χ1v) is 6.30. The number of nitrogen functional groups attached to an aromatic ring is 1. The summed E-state index contributed by atoms with van der Waals surface area (Å²) in [4.78, 5) is 13.9. The van der Waals surface area contributed by atoms with Gasteiger partial charge in [-0.1, -0.05) is 0 Å².